The van der Waals surface area contributed by atoms with E-state index in [1.807, 2.05) is 0 Å². The van der Waals surface area contributed by atoms with Crippen molar-refractivity contribution in [2.75, 3.05) is 0 Å². The molecule has 2 nitrogen and oxygen atoms in total. The number of benzene rings is 7. The molecule has 1 aliphatic heterocycles. The number of nitrogens with zero attached hydrogens (tertiary/aromatic N) is 1. The van der Waals surface area contributed by atoms with Crippen LogP contribution in [0.15, 0.2) is 169 Å². The molecule has 0 aromatic heterocycles. The van der Waals surface area contributed by atoms with E-state index in [1.54, 1.807) is 0 Å². The molecule has 0 fully saturated rings. The second-order valence-corrected chi connectivity index (χ2v) is 13.4. The molecule has 0 radical (unpaired) electrons. The van der Waals surface area contributed by atoms with Crippen molar-refractivity contribution < 1.29 is 0 Å². The van der Waals surface area contributed by atoms with E-state index < -0.39 is 0 Å². The summed E-state index contributed by atoms with van der Waals surface area (Å²) in [4.78, 5) is 5.34. The Hall–Kier alpha value is -5.99. The van der Waals surface area contributed by atoms with Gasteiger partial charge in [0.1, 0.15) is 5.84 Å². The Morgan fingerprint density at radius 1 is 0.551 bits per heavy atom. The zero-order valence-corrected chi connectivity index (χ0v) is 27.5. The summed E-state index contributed by atoms with van der Waals surface area (Å²) >= 11 is 0. The average Bonchev–Trinajstić information content (AvgIpc) is 3.17. The summed E-state index contributed by atoms with van der Waals surface area (Å²) in [6.07, 6.45) is 7.96. The summed E-state index contributed by atoms with van der Waals surface area (Å²) in [7, 11) is 0. The Morgan fingerprint density at radius 2 is 1.20 bits per heavy atom. The Morgan fingerprint density at radius 3 is 1.98 bits per heavy atom. The largest absolute Gasteiger partial charge is 0.359 e. The lowest BCUT2D eigenvalue weighted by Crippen LogP contribution is -2.31. The third-order valence-corrected chi connectivity index (χ3v) is 10.0. The fourth-order valence-corrected chi connectivity index (χ4v) is 7.36. The zero-order valence-electron chi connectivity index (χ0n) is 27.5. The fourth-order valence-electron chi connectivity index (χ4n) is 7.36. The van der Waals surface area contributed by atoms with Crippen LogP contribution < -0.4 is 5.32 Å². The normalized spacial score (nSPS) is 16.9. The van der Waals surface area contributed by atoms with Gasteiger partial charge in [0.15, 0.2) is 0 Å². The summed E-state index contributed by atoms with van der Waals surface area (Å²) < 4.78 is 0. The van der Waals surface area contributed by atoms with Gasteiger partial charge in [-0.2, -0.15) is 0 Å². The van der Waals surface area contributed by atoms with E-state index in [0.29, 0.717) is 5.92 Å². The molecule has 1 aliphatic carbocycles. The third kappa shape index (κ3) is 5.66. The van der Waals surface area contributed by atoms with E-state index in [9.17, 15) is 0 Å². The van der Waals surface area contributed by atoms with E-state index in [0.717, 1.165) is 29.1 Å². The van der Waals surface area contributed by atoms with Gasteiger partial charge in [-0.05, 0) is 97.1 Å². The number of hydrogen-bond donors (Lipinski definition) is 1. The molecule has 234 valence electrons. The van der Waals surface area contributed by atoms with Crippen molar-refractivity contribution >= 4 is 39.2 Å². The lowest BCUT2D eigenvalue weighted by atomic mass is 9.87. The standard InChI is InChI=1S/C47H36N2/c1-31-15-16-34-19-22-41(28-42(34)25-31)45-30-46(49-47(48-45)35-11-3-2-4-12-35)43-24-23-39(38-20-17-32-9-5-7-13-36(32)26-38)29-44(43)40-21-18-33-10-6-8-14-37(33)27-40/h2-24,26-31,45H,25H2,1H3,(H,48,49). The van der Waals surface area contributed by atoms with Gasteiger partial charge in [-0.15, -0.1) is 0 Å². The number of amidine groups is 1. The molecule has 1 N–H and O–H groups in total. The van der Waals surface area contributed by atoms with Crippen molar-refractivity contribution in [2.45, 2.75) is 19.4 Å². The van der Waals surface area contributed by atoms with Gasteiger partial charge in [0.25, 0.3) is 0 Å². The maximum Gasteiger partial charge on any atom is 0.134 e. The summed E-state index contributed by atoms with van der Waals surface area (Å²) in [6, 6.07) is 55.0. The summed E-state index contributed by atoms with van der Waals surface area (Å²) in [5.74, 6) is 1.43. The van der Waals surface area contributed by atoms with Crippen LogP contribution in [0.25, 0.3) is 55.6 Å². The van der Waals surface area contributed by atoms with Gasteiger partial charge >= 0.3 is 0 Å². The van der Waals surface area contributed by atoms with Crippen molar-refractivity contribution in [2.24, 2.45) is 10.9 Å². The summed E-state index contributed by atoms with van der Waals surface area (Å²) in [5.41, 5.74) is 11.9. The predicted octanol–water partition coefficient (Wildman–Crippen LogP) is 11.7. The van der Waals surface area contributed by atoms with Crippen LogP contribution in [0.4, 0.5) is 0 Å². The van der Waals surface area contributed by atoms with Crippen LogP contribution in [-0.4, -0.2) is 5.84 Å². The molecule has 2 atom stereocenters. The van der Waals surface area contributed by atoms with Crippen LogP contribution in [0.2, 0.25) is 0 Å². The van der Waals surface area contributed by atoms with Gasteiger partial charge in [-0.3, -0.25) is 0 Å². The molecule has 2 heteroatoms. The van der Waals surface area contributed by atoms with E-state index in [4.69, 9.17) is 4.99 Å². The number of rotatable bonds is 5. The van der Waals surface area contributed by atoms with Crippen LogP contribution >= 0.6 is 0 Å². The lowest BCUT2D eigenvalue weighted by molar-refractivity contribution is 0.711. The third-order valence-electron chi connectivity index (χ3n) is 10.0. The monoisotopic (exact) mass is 628 g/mol. The maximum atomic E-state index is 5.34. The van der Waals surface area contributed by atoms with Crippen LogP contribution in [0.1, 0.15) is 40.8 Å². The number of nitrogens with one attached hydrogen (secondary N) is 1. The predicted molar refractivity (Wildman–Crippen MR) is 208 cm³/mol. The van der Waals surface area contributed by atoms with Gasteiger partial charge in [-0.25, -0.2) is 4.99 Å². The fraction of sp³-hybridized carbons (Fsp3) is 0.0851. The second kappa shape index (κ2) is 12.2. The van der Waals surface area contributed by atoms with Gasteiger partial charge in [0, 0.05) is 11.1 Å². The van der Waals surface area contributed by atoms with Crippen molar-refractivity contribution in [1.29, 1.82) is 0 Å². The molecule has 0 bridgehead atoms. The molecule has 9 rings (SSSR count). The van der Waals surface area contributed by atoms with E-state index >= 15 is 0 Å². The summed E-state index contributed by atoms with van der Waals surface area (Å²) in [5, 5.41) is 8.75. The Kier molecular flexibility index (Phi) is 7.28. The number of allylic oxidation sites excluding steroid dienone is 1. The van der Waals surface area contributed by atoms with Gasteiger partial charge < -0.3 is 5.32 Å². The minimum Gasteiger partial charge on any atom is -0.359 e. The van der Waals surface area contributed by atoms with E-state index in [2.05, 4.69) is 182 Å². The molecule has 1 heterocycles. The molecule has 49 heavy (non-hydrogen) atoms. The lowest BCUT2D eigenvalue weighted by Gasteiger charge is -2.27. The number of aliphatic imine (C=N–C) groups is 1. The molecule has 2 unspecified atom stereocenters. The van der Waals surface area contributed by atoms with Crippen LogP contribution in [0, 0.1) is 5.92 Å². The molecule has 2 aliphatic rings. The molecule has 0 amide bonds. The first kappa shape index (κ1) is 29.2. The minimum atomic E-state index is -0.0289. The topological polar surface area (TPSA) is 24.4 Å². The van der Waals surface area contributed by atoms with Gasteiger partial charge in [0.2, 0.25) is 0 Å². The van der Waals surface area contributed by atoms with Gasteiger partial charge in [-0.1, -0.05) is 153 Å². The molecule has 0 saturated heterocycles. The van der Waals surface area contributed by atoms with Crippen LogP contribution in [0.5, 0.6) is 0 Å². The molecular weight excluding hydrogens is 593 g/mol. The van der Waals surface area contributed by atoms with Crippen molar-refractivity contribution in [3.63, 3.8) is 0 Å². The van der Waals surface area contributed by atoms with Gasteiger partial charge in [0.05, 0.1) is 11.7 Å². The SMILES string of the molecule is CC1C=Cc2ccc(C3C=C(c4ccc(-c5ccc6ccccc6c5)cc4-c4ccc5ccccc5c4)N=C(c4ccccc4)N3)cc2C1. The van der Waals surface area contributed by atoms with E-state index in [-0.39, 0.29) is 6.04 Å². The molecule has 0 spiro atoms. The van der Waals surface area contributed by atoms with Crippen molar-refractivity contribution in [1.82, 2.24) is 5.32 Å². The maximum absolute atomic E-state index is 5.34. The number of fused-ring (bicyclic) bond motifs is 3. The highest BCUT2D eigenvalue weighted by molar-refractivity contribution is 6.04. The van der Waals surface area contributed by atoms with Crippen LogP contribution in [-0.2, 0) is 6.42 Å². The molecule has 7 aromatic carbocycles. The molecule has 0 saturated carbocycles. The van der Waals surface area contributed by atoms with E-state index in [1.165, 1.54) is 60.5 Å². The molecular formula is C47H36N2. The second-order valence-electron chi connectivity index (χ2n) is 13.4. The zero-order chi connectivity index (χ0) is 32.7. The Balaban J connectivity index is 1.22. The Bertz CT molecular complexity index is 2470. The number of hydrogen-bond acceptors (Lipinski definition) is 2. The first-order valence-corrected chi connectivity index (χ1v) is 17.2. The van der Waals surface area contributed by atoms with Crippen molar-refractivity contribution in [3.8, 4) is 22.3 Å². The highest BCUT2D eigenvalue weighted by atomic mass is 15.0. The summed E-state index contributed by atoms with van der Waals surface area (Å²) in [6.45, 7) is 2.29. The minimum absolute atomic E-state index is 0.0289. The smallest absolute Gasteiger partial charge is 0.134 e. The van der Waals surface area contributed by atoms with Crippen molar-refractivity contribution in [3.05, 3.63) is 192 Å². The Labute approximate surface area is 287 Å². The highest BCUT2D eigenvalue weighted by Crippen LogP contribution is 2.39. The highest BCUT2D eigenvalue weighted by Gasteiger charge is 2.23. The first-order chi connectivity index (χ1) is 24.1. The average molecular weight is 629 g/mol. The first-order valence-electron chi connectivity index (χ1n) is 17.2. The molecule has 7 aromatic rings. The van der Waals surface area contributed by atoms with Crippen LogP contribution in [0.3, 0.4) is 0 Å². The quantitative estimate of drug-likeness (QED) is 0.201.